The summed E-state index contributed by atoms with van der Waals surface area (Å²) in [5.74, 6) is 0.883. The van der Waals surface area contributed by atoms with Gasteiger partial charge in [-0.25, -0.2) is 0 Å². The average Bonchev–Trinajstić information content (AvgIpc) is 3.16. The molecule has 0 amide bonds. The zero-order valence-corrected chi connectivity index (χ0v) is 12.4. The second kappa shape index (κ2) is 5.72. The number of benzene rings is 1. The molecule has 0 aliphatic heterocycles. The lowest BCUT2D eigenvalue weighted by molar-refractivity contribution is 0.321. The molecule has 0 saturated heterocycles. The summed E-state index contributed by atoms with van der Waals surface area (Å²) < 4.78 is 0. The molecule has 0 spiro atoms. The number of nitrogens with one attached hydrogen (secondary N) is 1. The first-order chi connectivity index (χ1) is 9.24. The third-order valence-corrected chi connectivity index (χ3v) is 4.76. The fourth-order valence-electron chi connectivity index (χ4n) is 2.77. The monoisotopic (exact) mass is 278 g/mol. The van der Waals surface area contributed by atoms with Gasteiger partial charge in [0.05, 0.1) is 0 Å². The zero-order valence-electron chi connectivity index (χ0n) is 11.7. The largest absolute Gasteiger partial charge is 0.374 e. The second-order valence-electron chi connectivity index (χ2n) is 6.07. The molecule has 0 unspecified atom stereocenters. The van der Waals surface area contributed by atoms with Gasteiger partial charge in [0.2, 0.25) is 0 Å². The van der Waals surface area contributed by atoms with E-state index < -0.39 is 0 Å². The van der Waals surface area contributed by atoms with Crippen LogP contribution in [0.2, 0.25) is 5.02 Å². The maximum atomic E-state index is 6.40. The minimum Gasteiger partial charge on any atom is -0.374 e. The van der Waals surface area contributed by atoms with Crippen LogP contribution >= 0.6 is 11.6 Å². The first-order valence-corrected chi connectivity index (χ1v) is 7.84. The van der Waals surface area contributed by atoms with Gasteiger partial charge in [0, 0.05) is 42.5 Å². The Morgan fingerprint density at radius 3 is 2.68 bits per heavy atom. The predicted octanol–water partition coefficient (Wildman–Crippen LogP) is 3.83. The molecule has 2 fully saturated rings. The Kier molecular flexibility index (Phi) is 3.99. The molecule has 0 atom stereocenters. The van der Waals surface area contributed by atoms with Crippen LogP contribution in [-0.4, -0.2) is 19.6 Å². The van der Waals surface area contributed by atoms with E-state index in [1.165, 1.54) is 43.4 Å². The van der Waals surface area contributed by atoms with E-state index in [9.17, 15) is 0 Å². The van der Waals surface area contributed by atoms with Gasteiger partial charge < -0.3 is 10.2 Å². The Labute approximate surface area is 121 Å². The highest BCUT2D eigenvalue weighted by Crippen LogP contribution is 2.32. The average molecular weight is 279 g/mol. The maximum Gasteiger partial charge on any atom is 0.0471 e. The van der Waals surface area contributed by atoms with Crippen LogP contribution in [0.3, 0.4) is 0 Å². The summed E-state index contributed by atoms with van der Waals surface area (Å²) in [6.45, 7) is 2.06. The summed E-state index contributed by atoms with van der Waals surface area (Å²) in [5, 5.41) is 4.47. The number of nitrogens with zero attached hydrogens (tertiary/aromatic N) is 1. The van der Waals surface area contributed by atoms with E-state index in [1.54, 1.807) is 0 Å². The van der Waals surface area contributed by atoms with E-state index in [0.717, 1.165) is 30.1 Å². The number of rotatable bonds is 6. The van der Waals surface area contributed by atoms with Crippen molar-refractivity contribution in [3.8, 4) is 0 Å². The molecular weight excluding hydrogens is 256 g/mol. The van der Waals surface area contributed by atoms with E-state index in [4.69, 9.17) is 11.6 Å². The van der Waals surface area contributed by atoms with Gasteiger partial charge in [-0.1, -0.05) is 24.1 Å². The van der Waals surface area contributed by atoms with Gasteiger partial charge in [-0.2, -0.15) is 0 Å². The van der Waals surface area contributed by atoms with Gasteiger partial charge in [-0.05, 0) is 43.7 Å². The molecule has 1 N–H and O–H groups in total. The fraction of sp³-hybridized carbons (Fsp3) is 0.625. The van der Waals surface area contributed by atoms with Gasteiger partial charge in [0.25, 0.3) is 0 Å². The lowest BCUT2D eigenvalue weighted by Crippen LogP contribution is -2.30. The van der Waals surface area contributed by atoms with Crippen molar-refractivity contribution in [2.24, 2.45) is 5.92 Å². The molecule has 2 saturated carbocycles. The molecule has 2 nitrogen and oxygen atoms in total. The summed E-state index contributed by atoms with van der Waals surface area (Å²) in [4.78, 5) is 2.39. The first kappa shape index (κ1) is 13.3. The molecular formula is C16H23ClN2. The SMILES string of the molecule is CN(CC1CCC1)c1cccc(Cl)c1CNC1CC1. The number of anilines is 1. The quantitative estimate of drug-likeness (QED) is 0.851. The highest BCUT2D eigenvalue weighted by atomic mass is 35.5. The van der Waals surface area contributed by atoms with Gasteiger partial charge in [-0.15, -0.1) is 0 Å². The highest BCUT2D eigenvalue weighted by Gasteiger charge is 2.23. The second-order valence-corrected chi connectivity index (χ2v) is 6.48. The van der Waals surface area contributed by atoms with Crippen LogP contribution < -0.4 is 10.2 Å². The van der Waals surface area contributed by atoms with E-state index in [-0.39, 0.29) is 0 Å². The van der Waals surface area contributed by atoms with Gasteiger partial charge in [-0.3, -0.25) is 0 Å². The highest BCUT2D eigenvalue weighted by molar-refractivity contribution is 6.31. The van der Waals surface area contributed by atoms with Gasteiger partial charge in [0.1, 0.15) is 0 Å². The van der Waals surface area contributed by atoms with E-state index >= 15 is 0 Å². The Balaban J connectivity index is 1.71. The van der Waals surface area contributed by atoms with Crippen molar-refractivity contribution in [1.82, 2.24) is 5.32 Å². The first-order valence-electron chi connectivity index (χ1n) is 7.46. The maximum absolute atomic E-state index is 6.40. The molecule has 3 rings (SSSR count). The Bertz CT molecular complexity index is 438. The summed E-state index contributed by atoms with van der Waals surface area (Å²) in [6.07, 6.45) is 6.82. The summed E-state index contributed by atoms with van der Waals surface area (Å²) in [6, 6.07) is 7.00. The van der Waals surface area contributed by atoms with E-state index in [0.29, 0.717) is 0 Å². The van der Waals surface area contributed by atoms with Crippen LogP contribution in [0.1, 0.15) is 37.7 Å². The van der Waals surface area contributed by atoms with Crippen molar-refractivity contribution >= 4 is 17.3 Å². The van der Waals surface area contributed by atoms with Crippen molar-refractivity contribution in [2.75, 3.05) is 18.5 Å². The molecule has 1 aromatic rings. The zero-order chi connectivity index (χ0) is 13.2. The minimum atomic E-state index is 0.723. The third-order valence-electron chi connectivity index (χ3n) is 4.41. The molecule has 19 heavy (non-hydrogen) atoms. The molecule has 2 aliphatic carbocycles. The van der Waals surface area contributed by atoms with Crippen LogP contribution in [0.25, 0.3) is 0 Å². The molecule has 2 aliphatic rings. The minimum absolute atomic E-state index is 0.723. The third kappa shape index (κ3) is 3.24. The van der Waals surface area contributed by atoms with Crippen molar-refractivity contribution in [3.05, 3.63) is 28.8 Å². The summed E-state index contributed by atoms with van der Waals surface area (Å²) >= 11 is 6.40. The molecule has 0 bridgehead atoms. The number of hydrogen-bond donors (Lipinski definition) is 1. The van der Waals surface area contributed by atoms with Crippen LogP contribution in [0.5, 0.6) is 0 Å². The fourth-order valence-corrected chi connectivity index (χ4v) is 3.01. The van der Waals surface area contributed by atoms with Crippen molar-refractivity contribution in [2.45, 2.75) is 44.7 Å². The van der Waals surface area contributed by atoms with Crippen LogP contribution in [0, 0.1) is 5.92 Å². The Hall–Kier alpha value is -0.730. The Morgan fingerprint density at radius 2 is 2.05 bits per heavy atom. The molecule has 0 heterocycles. The van der Waals surface area contributed by atoms with Crippen LogP contribution in [0.15, 0.2) is 18.2 Å². The molecule has 0 radical (unpaired) electrons. The molecule has 0 aromatic heterocycles. The molecule has 104 valence electrons. The van der Waals surface area contributed by atoms with Gasteiger partial charge >= 0.3 is 0 Å². The summed E-state index contributed by atoms with van der Waals surface area (Å²) in [5.41, 5.74) is 2.56. The van der Waals surface area contributed by atoms with Crippen LogP contribution in [-0.2, 0) is 6.54 Å². The van der Waals surface area contributed by atoms with Gasteiger partial charge in [0.15, 0.2) is 0 Å². The van der Waals surface area contributed by atoms with Crippen molar-refractivity contribution in [1.29, 1.82) is 0 Å². The number of halogens is 1. The van der Waals surface area contributed by atoms with Crippen molar-refractivity contribution < 1.29 is 0 Å². The lowest BCUT2D eigenvalue weighted by atomic mass is 9.85. The van der Waals surface area contributed by atoms with Crippen molar-refractivity contribution in [3.63, 3.8) is 0 Å². The smallest absolute Gasteiger partial charge is 0.0471 e. The summed E-state index contributed by atoms with van der Waals surface area (Å²) in [7, 11) is 2.20. The Morgan fingerprint density at radius 1 is 1.26 bits per heavy atom. The predicted molar refractivity (Wildman–Crippen MR) is 81.9 cm³/mol. The standard InChI is InChI=1S/C16H23ClN2/c1-19(11-12-4-2-5-12)16-7-3-6-15(17)14(16)10-18-13-8-9-13/h3,6-7,12-13,18H,2,4-5,8-11H2,1H3. The topological polar surface area (TPSA) is 15.3 Å². The van der Waals surface area contributed by atoms with E-state index in [1.807, 2.05) is 6.07 Å². The lowest BCUT2D eigenvalue weighted by Gasteiger charge is -2.32. The number of hydrogen-bond acceptors (Lipinski definition) is 2. The molecule has 1 aromatic carbocycles. The van der Waals surface area contributed by atoms with E-state index in [2.05, 4.69) is 29.4 Å². The van der Waals surface area contributed by atoms with Crippen LogP contribution in [0.4, 0.5) is 5.69 Å². The normalized spacial score (nSPS) is 19.3. The molecule has 3 heteroatoms.